The summed E-state index contributed by atoms with van der Waals surface area (Å²) in [6.45, 7) is 4.38. The van der Waals surface area contributed by atoms with E-state index in [4.69, 9.17) is 9.47 Å². The Morgan fingerprint density at radius 1 is 0.906 bits per heavy atom. The van der Waals surface area contributed by atoms with Gasteiger partial charge in [0, 0.05) is 11.8 Å². The van der Waals surface area contributed by atoms with E-state index in [1.165, 1.54) is 12.1 Å². The van der Waals surface area contributed by atoms with Crippen LogP contribution < -0.4 is 19.1 Å². The quantitative estimate of drug-likeness (QED) is 0.613. The second kappa shape index (κ2) is 8.92. The summed E-state index contributed by atoms with van der Waals surface area (Å²) in [6, 6.07) is 18.5. The van der Waals surface area contributed by atoms with Crippen molar-refractivity contribution in [1.29, 1.82) is 0 Å². The molecule has 3 aromatic rings. The minimum absolute atomic E-state index is 0.116. The van der Waals surface area contributed by atoms with Gasteiger partial charge in [-0.15, -0.1) is 0 Å². The Kier molecular flexibility index (Phi) is 6.05. The third-order valence-corrected chi connectivity index (χ3v) is 7.01. The average Bonchev–Trinajstić information content (AvgIpc) is 2.80. The molecule has 0 bridgehead atoms. The van der Waals surface area contributed by atoms with Crippen LogP contribution in [0, 0.1) is 13.8 Å². The third kappa shape index (κ3) is 4.55. The largest absolute Gasteiger partial charge is 0.486 e. The maximum Gasteiger partial charge on any atom is 0.264 e. The monoisotopic (exact) mass is 452 g/mol. The lowest BCUT2D eigenvalue weighted by molar-refractivity contribution is -0.114. The number of nitrogens with one attached hydrogen (secondary N) is 1. The zero-order valence-electron chi connectivity index (χ0n) is 17.9. The molecule has 0 unspecified atom stereocenters. The highest BCUT2D eigenvalue weighted by molar-refractivity contribution is 7.92. The van der Waals surface area contributed by atoms with Gasteiger partial charge in [0.2, 0.25) is 5.91 Å². The van der Waals surface area contributed by atoms with Crippen LogP contribution >= 0.6 is 0 Å². The molecule has 1 heterocycles. The van der Waals surface area contributed by atoms with E-state index in [2.05, 4.69) is 5.32 Å². The number of rotatable bonds is 6. The van der Waals surface area contributed by atoms with Crippen LogP contribution in [0.25, 0.3) is 0 Å². The second-order valence-corrected chi connectivity index (χ2v) is 9.36. The number of nitrogens with zero attached hydrogens (tertiary/aromatic N) is 1. The first-order valence-electron chi connectivity index (χ1n) is 10.2. The fourth-order valence-corrected chi connectivity index (χ4v) is 4.80. The van der Waals surface area contributed by atoms with Crippen molar-refractivity contribution < 1.29 is 22.7 Å². The highest BCUT2D eigenvalue weighted by Gasteiger charge is 2.27. The van der Waals surface area contributed by atoms with Crippen molar-refractivity contribution in [2.24, 2.45) is 0 Å². The van der Waals surface area contributed by atoms with Crippen molar-refractivity contribution in [3.63, 3.8) is 0 Å². The fraction of sp³-hybridized carbons (Fsp3) is 0.208. The Bertz CT molecular complexity index is 1240. The van der Waals surface area contributed by atoms with Gasteiger partial charge in [-0.25, -0.2) is 8.42 Å². The van der Waals surface area contributed by atoms with Crippen LogP contribution in [0.15, 0.2) is 71.6 Å². The summed E-state index contributed by atoms with van der Waals surface area (Å²) in [5, 5.41) is 2.76. The summed E-state index contributed by atoms with van der Waals surface area (Å²) in [5.41, 5.74) is 2.89. The summed E-state index contributed by atoms with van der Waals surface area (Å²) in [7, 11) is -3.96. The Morgan fingerprint density at radius 2 is 1.62 bits per heavy atom. The smallest absolute Gasteiger partial charge is 0.264 e. The molecule has 3 aromatic carbocycles. The van der Waals surface area contributed by atoms with E-state index >= 15 is 0 Å². The second-order valence-electron chi connectivity index (χ2n) is 7.50. The van der Waals surface area contributed by atoms with Crippen LogP contribution in [-0.4, -0.2) is 34.1 Å². The van der Waals surface area contributed by atoms with Crippen LogP contribution in [0.1, 0.15) is 11.1 Å². The predicted octanol–water partition coefficient (Wildman–Crippen LogP) is 3.91. The standard InChI is InChI=1S/C24H24N2O5S/c1-17-8-10-20(14-18(17)2)26(32(28,29)21-6-4-3-5-7-21)16-24(27)25-19-9-11-22-23(15-19)31-13-12-30-22/h3-11,14-15H,12-13,16H2,1-2H3,(H,25,27). The number of sulfonamides is 1. The van der Waals surface area contributed by atoms with Crippen molar-refractivity contribution in [1.82, 2.24) is 0 Å². The molecule has 0 saturated heterocycles. The van der Waals surface area contributed by atoms with Gasteiger partial charge in [0.15, 0.2) is 11.5 Å². The van der Waals surface area contributed by atoms with Crippen molar-refractivity contribution in [2.45, 2.75) is 18.7 Å². The number of hydrogen-bond donors (Lipinski definition) is 1. The topological polar surface area (TPSA) is 84.9 Å². The van der Waals surface area contributed by atoms with Crippen LogP contribution in [0.3, 0.4) is 0 Å². The highest BCUT2D eigenvalue weighted by Crippen LogP contribution is 2.33. The Labute approximate surface area is 187 Å². The van der Waals surface area contributed by atoms with E-state index in [-0.39, 0.29) is 11.4 Å². The molecule has 8 heteroatoms. The number of amides is 1. The van der Waals surface area contributed by atoms with Crippen molar-refractivity contribution in [2.75, 3.05) is 29.4 Å². The van der Waals surface area contributed by atoms with E-state index in [1.54, 1.807) is 48.5 Å². The maximum atomic E-state index is 13.4. The molecule has 0 atom stereocenters. The Morgan fingerprint density at radius 3 is 2.34 bits per heavy atom. The van der Waals surface area contributed by atoms with Crippen molar-refractivity contribution in [3.8, 4) is 11.5 Å². The van der Waals surface area contributed by atoms with E-state index in [0.717, 1.165) is 15.4 Å². The molecule has 4 rings (SSSR count). The van der Waals surface area contributed by atoms with Crippen LogP contribution in [0.4, 0.5) is 11.4 Å². The minimum atomic E-state index is -3.96. The molecule has 0 fully saturated rings. The normalized spacial score (nSPS) is 12.8. The summed E-state index contributed by atoms with van der Waals surface area (Å²) in [5.74, 6) is 0.675. The minimum Gasteiger partial charge on any atom is -0.486 e. The number of benzene rings is 3. The summed E-state index contributed by atoms with van der Waals surface area (Å²) in [6.07, 6.45) is 0. The molecule has 0 radical (unpaired) electrons. The first kappa shape index (κ1) is 21.7. The summed E-state index contributed by atoms with van der Waals surface area (Å²) in [4.78, 5) is 13.0. The lowest BCUT2D eigenvalue weighted by atomic mass is 10.1. The molecule has 32 heavy (non-hydrogen) atoms. The molecule has 0 spiro atoms. The van der Waals surface area contributed by atoms with Gasteiger partial charge in [0.1, 0.15) is 19.8 Å². The van der Waals surface area contributed by atoms with Crippen LogP contribution in [-0.2, 0) is 14.8 Å². The molecular formula is C24H24N2O5S. The SMILES string of the molecule is Cc1ccc(N(CC(=O)Nc2ccc3c(c2)OCCO3)S(=O)(=O)c2ccccc2)cc1C. The zero-order valence-corrected chi connectivity index (χ0v) is 18.7. The summed E-state index contributed by atoms with van der Waals surface area (Å²) >= 11 is 0. The van der Waals surface area contributed by atoms with Gasteiger partial charge in [-0.1, -0.05) is 24.3 Å². The number of carbonyl (C=O) groups is 1. The zero-order chi connectivity index (χ0) is 22.7. The van der Waals surface area contributed by atoms with Gasteiger partial charge in [-0.05, 0) is 61.4 Å². The third-order valence-electron chi connectivity index (χ3n) is 5.22. The number of aryl methyl sites for hydroxylation is 2. The Balaban J connectivity index is 1.63. The average molecular weight is 453 g/mol. The molecule has 166 valence electrons. The van der Waals surface area contributed by atoms with Gasteiger partial charge < -0.3 is 14.8 Å². The number of anilines is 2. The Hall–Kier alpha value is -3.52. The fourth-order valence-electron chi connectivity index (χ4n) is 3.37. The molecule has 1 N–H and O–H groups in total. The lowest BCUT2D eigenvalue weighted by Crippen LogP contribution is -2.38. The first-order chi connectivity index (χ1) is 15.3. The summed E-state index contributed by atoms with van der Waals surface area (Å²) < 4.78 is 39.0. The first-order valence-corrected chi connectivity index (χ1v) is 11.6. The molecule has 1 aliphatic heterocycles. The van der Waals surface area contributed by atoms with Crippen molar-refractivity contribution >= 4 is 27.3 Å². The maximum absolute atomic E-state index is 13.4. The lowest BCUT2D eigenvalue weighted by Gasteiger charge is -2.25. The van der Waals surface area contributed by atoms with E-state index in [9.17, 15) is 13.2 Å². The molecule has 7 nitrogen and oxygen atoms in total. The predicted molar refractivity (Wildman–Crippen MR) is 123 cm³/mol. The number of fused-ring (bicyclic) bond motifs is 1. The van der Waals surface area contributed by atoms with Gasteiger partial charge in [0.25, 0.3) is 10.0 Å². The van der Waals surface area contributed by atoms with E-state index < -0.39 is 15.9 Å². The molecular weight excluding hydrogens is 428 g/mol. The number of carbonyl (C=O) groups excluding carboxylic acids is 1. The highest BCUT2D eigenvalue weighted by atomic mass is 32.2. The molecule has 0 saturated carbocycles. The molecule has 0 aromatic heterocycles. The number of hydrogen-bond acceptors (Lipinski definition) is 5. The van der Waals surface area contributed by atoms with E-state index in [1.807, 2.05) is 19.9 Å². The molecule has 1 aliphatic rings. The van der Waals surface area contributed by atoms with Gasteiger partial charge >= 0.3 is 0 Å². The molecule has 1 amide bonds. The van der Waals surface area contributed by atoms with Crippen molar-refractivity contribution in [3.05, 3.63) is 77.9 Å². The number of ether oxygens (including phenoxy) is 2. The molecule has 0 aliphatic carbocycles. The van der Waals surface area contributed by atoms with Gasteiger partial charge in [-0.2, -0.15) is 0 Å². The van der Waals surface area contributed by atoms with E-state index in [0.29, 0.717) is 36.1 Å². The van der Waals surface area contributed by atoms with Crippen LogP contribution in [0.5, 0.6) is 11.5 Å². The van der Waals surface area contributed by atoms with Gasteiger partial charge in [0.05, 0.1) is 10.6 Å². The van der Waals surface area contributed by atoms with Gasteiger partial charge in [-0.3, -0.25) is 9.10 Å². The van der Waals surface area contributed by atoms with Crippen LogP contribution in [0.2, 0.25) is 0 Å².